The fourth-order valence-electron chi connectivity index (χ4n) is 4.74. The van der Waals surface area contributed by atoms with Crippen LogP contribution in [-0.2, 0) is 9.53 Å². The Bertz CT molecular complexity index is 1150. The van der Waals surface area contributed by atoms with Gasteiger partial charge in [-0.3, -0.25) is 4.79 Å². The molecule has 2 heterocycles. The van der Waals surface area contributed by atoms with E-state index in [1.54, 1.807) is 19.1 Å². The number of para-hydroxylation sites is 1. The first-order valence-electron chi connectivity index (χ1n) is 11.2. The van der Waals surface area contributed by atoms with Gasteiger partial charge in [-0.05, 0) is 55.5 Å². The van der Waals surface area contributed by atoms with Crippen molar-refractivity contribution in [2.45, 2.75) is 52.7 Å². The number of hydrogen-bond donors (Lipinski definition) is 1. The quantitative estimate of drug-likeness (QED) is 0.685. The summed E-state index contributed by atoms with van der Waals surface area (Å²) in [5.41, 5.74) is 2.49. The van der Waals surface area contributed by atoms with Crippen LogP contribution in [-0.4, -0.2) is 35.4 Å². The molecule has 168 valence electrons. The van der Waals surface area contributed by atoms with Crippen LogP contribution in [0.25, 0.3) is 0 Å². The standard InChI is InChI=1S/C26H29FN2O3/c1-15(2)32-25(31)19-13-29(24(30)17-11-10-16(3)20(27)12-17)14-26(4,5)22-18-8-6-7-9-21(18)28-23(19)22/h6-13,15,22-23,28H,14H2,1-5H3/i15D. The average molecular weight is 438 g/mol. The molecule has 0 saturated carbocycles. The third-order valence-electron chi connectivity index (χ3n) is 6.20. The minimum Gasteiger partial charge on any atom is -0.460 e. The molecule has 2 aliphatic rings. The first kappa shape index (κ1) is 20.7. The molecule has 2 aromatic rings. The molecule has 0 aliphatic carbocycles. The summed E-state index contributed by atoms with van der Waals surface area (Å²) < 4.78 is 27.6. The van der Waals surface area contributed by atoms with Crippen molar-refractivity contribution in [3.05, 3.63) is 76.7 Å². The van der Waals surface area contributed by atoms with Gasteiger partial charge in [0.15, 0.2) is 0 Å². The van der Waals surface area contributed by atoms with Crippen LogP contribution in [0.3, 0.4) is 0 Å². The van der Waals surface area contributed by atoms with E-state index in [0.29, 0.717) is 12.1 Å². The maximum atomic E-state index is 14.2. The predicted molar refractivity (Wildman–Crippen MR) is 122 cm³/mol. The van der Waals surface area contributed by atoms with Gasteiger partial charge in [0.25, 0.3) is 5.91 Å². The first-order chi connectivity index (χ1) is 15.4. The van der Waals surface area contributed by atoms with Crippen LogP contribution in [0, 0.1) is 18.2 Å². The van der Waals surface area contributed by atoms with Crippen molar-refractivity contribution >= 4 is 17.6 Å². The summed E-state index contributed by atoms with van der Waals surface area (Å²) in [6, 6.07) is 11.8. The van der Waals surface area contributed by atoms with E-state index in [4.69, 9.17) is 6.11 Å². The van der Waals surface area contributed by atoms with E-state index in [1.165, 1.54) is 31.0 Å². The minimum absolute atomic E-state index is 0.117. The van der Waals surface area contributed by atoms with Gasteiger partial charge in [-0.1, -0.05) is 38.1 Å². The molecular weight excluding hydrogens is 407 g/mol. The van der Waals surface area contributed by atoms with Gasteiger partial charge in [-0.2, -0.15) is 0 Å². The Kier molecular flexibility index (Phi) is 5.24. The third-order valence-corrected chi connectivity index (χ3v) is 6.20. The van der Waals surface area contributed by atoms with Crippen LogP contribution in [0.15, 0.2) is 54.2 Å². The van der Waals surface area contributed by atoms with Crippen molar-refractivity contribution in [1.29, 1.82) is 0 Å². The average Bonchev–Trinajstić information content (AvgIpc) is 3.06. The Morgan fingerprint density at radius 3 is 2.66 bits per heavy atom. The second-order valence-electron chi connectivity index (χ2n) is 9.45. The van der Waals surface area contributed by atoms with Crippen LogP contribution in [0.2, 0.25) is 0 Å². The zero-order valence-electron chi connectivity index (χ0n) is 20.0. The predicted octanol–water partition coefficient (Wildman–Crippen LogP) is 5.03. The van der Waals surface area contributed by atoms with Crippen molar-refractivity contribution in [1.82, 2.24) is 4.90 Å². The van der Waals surface area contributed by atoms with Gasteiger partial charge in [-0.15, -0.1) is 0 Å². The molecule has 32 heavy (non-hydrogen) atoms. The number of amides is 1. The molecule has 0 fully saturated rings. The zero-order chi connectivity index (χ0) is 24.1. The second kappa shape index (κ2) is 8.08. The number of benzene rings is 2. The molecule has 2 aliphatic heterocycles. The van der Waals surface area contributed by atoms with Crippen LogP contribution in [0.1, 0.15) is 56.5 Å². The molecule has 0 saturated heterocycles. The monoisotopic (exact) mass is 437 g/mol. The number of hydrogen-bond acceptors (Lipinski definition) is 4. The molecule has 2 aromatic carbocycles. The summed E-state index contributed by atoms with van der Waals surface area (Å²) in [5, 5.41) is 3.44. The molecule has 1 amide bonds. The van der Waals surface area contributed by atoms with Crippen molar-refractivity contribution in [2.24, 2.45) is 5.41 Å². The zero-order valence-corrected chi connectivity index (χ0v) is 19.0. The highest BCUT2D eigenvalue weighted by Gasteiger charge is 2.48. The molecule has 2 atom stereocenters. The van der Waals surface area contributed by atoms with E-state index in [9.17, 15) is 14.0 Å². The number of halogens is 1. The summed E-state index contributed by atoms with van der Waals surface area (Å²) >= 11 is 0. The molecule has 2 unspecified atom stereocenters. The number of aryl methyl sites for hydroxylation is 1. The molecule has 5 nitrogen and oxygen atoms in total. The second-order valence-corrected chi connectivity index (χ2v) is 9.45. The van der Waals surface area contributed by atoms with E-state index in [0.717, 1.165) is 11.3 Å². The summed E-state index contributed by atoms with van der Waals surface area (Å²) in [7, 11) is 0. The topological polar surface area (TPSA) is 58.6 Å². The largest absolute Gasteiger partial charge is 0.460 e. The normalized spacial score (nSPS) is 22.0. The molecule has 0 spiro atoms. The highest BCUT2D eigenvalue weighted by Crippen LogP contribution is 2.50. The summed E-state index contributed by atoms with van der Waals surface area (Å²) in [6.07, 6.45) is 0.0785. The van der Waals surface area contributed by atoms with Crippen LogP contribution >= 0.6 is 0 Å². The summed E-state index contributed by atoms with van der Waals surface area (Å²) in [6.45, 7) is 9.04. The van der Waals surface area contributed by atoms with Gasteiger partial charge < -0.3 is 15.0 Å². The van der Waals surface area contributed by atoms with Gasteiger partial charge in [0.2, 0.25) is 0 Å². The fourth-order valence-corrected chi connectivity index (χ4v) is 4.74. The Balaban J connectivity index is 1.81. The SMILES string of the molecule is [2H]C(C)(C)OC(=O)C1=CN(C(=O)c2ccc(C)c(F)c2)CC(C)(C)C2c3ccccc3NC12. The molecular formula is C26H29FN2O3. The number of fused-ring (bicyclic) bond motifs is 3. The number of esters is 1. The Labute approximate surface area is 189 Å². The molecule has 1 N–H and O–H groups in total. The van der Waals surface area contributed by atoms with E-state index in [1.807, 2.05) is 24.3 Å². The van der Waals surface area contributed by atoms with E-state index < -0.39 is 35.2 Å². The maximum absolute atomic E-state index is 14.2. The molecule has 0 bridgehead atoms. The molecule has 0 aromatic heterocycles. The van der Waals surface area contributed by atoms with E-state index in [2.05, 4.69) is 19.2 Å². The van der Waals surface area contributed by atoms with Crippen LogP contribution in [0.5, 0.6) is 0 Å². The lowest BCUT2D eigenvalue weighted by molar-refractivity contribution is -0.143. The minimum atomic E-state index is -1.43. The van der Waals surface area contributed by atoms with Crippen molar-refractivity contribution in [3.63, 3.8) is 0 Å². The smallest absolute Gasteiger partial charge is 0.337 e. The Morgan fingerprint density at radius 2 is 1.97 bits per heavy atom. The number of carbonyl (C=O) groups is 2. The number of ether oxygens (including phenoxy) is 1. The maximum Gasteiger partial charge on any atom is 0.337 e. The first-order valence-corrected chi connectivity index (χ1v) is 10.7. The molecule has 6 heteroatoms. The van der Waals surface area contributed by atoms with Crippen LogP contribution in [0.4, 0.5) is 10.1 Å². The lowest BCUT2D eigenvalue weighted by atomic mass is 9.71. The molecule has 0 radical (unpaired) electrons. The number of nitrogens with zero attached hydrogens (tertiary/aromatic N) is 1. The Hall–Kier alpha value is -3.15. The van der Waals surface area contributed by atoms with Gasteiger partial charge in [0.05, 0.1) is 19.1 Å². The molecule has 4 rings (SSSR count). The van der Waals surface area contributed by atoms with Gasteiger partial charge >= 0.3 is 5.97 Å². The van der Waals surface area contributed by atoms with Gasteiger partial charge in [0, 0.05) is 29.9 Å². The highest BCUT2D eigenvalue weighted by atomic mass is 19.1. The van der Waals surface area contributed by atoms with E-state index in [-0.39, 0.29) is 17.1 Å². The fraction of sp³-hybridized carbons (Fsp3) is 0.385. The lowest BCUT2D eigenvalue weighted by Gasteiger charge is -2.36. The highest BCUT2D eigenvalue weighted by molar-refractivity contribution is 5.97. The van der Waals surface area contributed by atoms with Crippen molar-refractivity contribution in [3.8, 4) is 0 Å². The number of anilines is 1. The van der Waals surface area contributed by atoms with Crippen molar-refractivity contribution < 1.29 is 20.1 Å². The third kappa shape index (κ3) is 3.90. The lowest BCUT2D eigenvalue weighted by Crippen LogP contribution is -2.39. The van der Waals surface area contributed by atoms with Crippen molar-refractivity contribution in [2.75, 3.05) is 11.9 Å². The summed E-state index contributed by atoms with van der Waals surface area (Å²) in [5.74, 6) is -1.63. The number of nitrogens with one attached hydrogen (secondary N) is 1. The Morgan fingerprint density at radius 1 is 1.25 bits per heavy atom. The van der Waals surface area contributed by atoms with E-state index >= 15 is 0 Å². The summed E-state index contributed by atoms with van der Waals surface area (Å²) in [4.78, 5) is 28.1. The van der Waals surface area contributed by atoms with Gasteiger partial charge in [-0.25, -0.2) is 9.18 Å². The van der Waals surface area contributed by atoms with Gasteiger partial charge in [0.1, 0.15) is 5.82 Å². The van der Waals surface area contributed by atoms with Crippen LogP contribution < -0.4 is 5.32 Å². The number of rotatable bonds is 3. The number of carbonyl (C=O) groups excluding carboxylic acids is 2.